The number of aryl methyl sites for hydroxylation is 1. The fourth-order valence-corrected chi connectivity index (χ4v) is 5.42. The highest BCUT2D eigenvalue weighted by Gasteiger charge is 2.47. The Balaban J connectivity index is 1.52. The molecule has 0 bridgehead atoms. The lowest BCUT2D eigenvalue weighted by Gasteiger charge is -2.35. The summed E-state index contributed by atoms with van der Waals surface area (Å²) in [5.41, 5.74) is 3.37. The van der Waals surface area contributed by atoms with Crippen molar-refractivity contribution >= 4 is 43.8 Å². The maximum absolute atomic E-state index is 13.6. The third kappa shape index (κ3) is 5.15. The molecule has 3 heterocycles. The number of oxime groups is 1. The normalized spacial score (nSPS) is 24.5. The highest BCUT2D eigenvalue weighted by atomic mass is 32.1. The Morgan fingerprint density at radius 1 is 1.36 bits per heavy atom. The fourth-order valence-electron chi connectivity index (χ4n) is 4.61. The molecule has 190 valence electrons. The number of benzene rings is 1. The van der Waals surface area contributed by atoms with Crippen LogP contribution >= 0.6 is 11.3 Å². The first-order chi connectivity index (χ1) is 16.9. The van der Waals surface area contributed by atoms with Gasteiger partial charge in [-0.2, -0.15) is 0 Å². The van der Waals surface area contributed by atoms with Crippen molar-refractivity contribution in [1.29, 1.82) is 0 Å². The van der Waals surface area contributed by atoms with Crippen LogP contribution in [0, 0.1) is 12.3 Å². The molecule has 9 nitrogen and oxygen atoms in total. The number of nitrogens with zero attached hydrogens (tertiary/aromatic N) is 3. The summed E-state index contributed by atoms with van der Waals surface area (Å²) in [6, 6.07) is 6.82. The molecule has 1 aromatic carbocycles. The Bertz CT molecular complexity index is 1170. The van der Waals surface area contributed by atoms with Gasteiger partial charge in [-0.25, -0.2) is 4.98 Å². The Kier molecular flexibility index (Phi) is 7.21. The van der Waals surface area contributed by atoms with E-state index >= 15 is 0 Å². The highest BCUT2D eigenvalue weighted by molar-refractivity contribution is 7.13. The number of carbonyl (C=O) groups excluding carboxylic acids is 2. The van der Waals surface area contributed by atoms with Crippen LogP contribution < -0.4 is 10.6 Å². The lowest BCUT2D eigenvalue weighted by molar-refractivity contribution is -0.135. The molecule has 1 aromatic heterocycles. The smallest absolute Gasteiger partial charge is 0.246 e. The Labute approximate surface area is 217 Å². The zero-order valence-electron chi connectivity index (χ0n) is 21.7. The number of rotatable bonds is 6. The molecule has 1 saturated heterocycles. The summed E-state index contributed by atoms with van der Waals surface area (Å²) in [6.45, 7) is 9.78. The average molecular weight is 509 g/mol. The van der Waals surface area contributed by atoms with Crippen LogP contribution in [-0.4, -0.2) is 72.2 Å². The number of carbonyl (C=O) groups is 2. The van der Waals surface area contributed by atoms with Crippen molar-refractivity contribution in [3.8, 4) is 10.4 Å². The molecular weight excluding hydrogens is 476 g/mol. The van der Waals surface area contributed by atoms with E-state index in [1.807, 2.05) is 64.4 Å². The summed E-state index contributed by atoms with van der Waals surface area (Å²) < 4.78 is 0. The first-order valence-corrected chi connectivity index (χ1v) is 13.1. The van der Waals surface area contributed by atoms with Crippen molar-refractivity contribution in [3.63, 3.8) is 0 Å². The van der Waals surface area contributed by atoms with Crippen molar-refractivity contribution in [1.82, 2.24) is 20.5 Å². The quantitative estimate of drug-likeness (QED) is 0.506. The zero-order chi connectivity index (χ0) is 26.3. The molecule has 2 unspecified atom stereocenters. The predicted octanol–water partition coefficient (Wildman–Crippen LogP) is 1.30. The Morgan fingerprint density at radius 2 is 2.06 bits per heavy atom. The zero-order valence-corrected chi connectivity index (χ0v) is 22.5. The largest absolute Gasteiger partial charge is 0.391 e. The Morgan fingerprint density at radius 3 is 2.64 bits per heavy atom. The maximum Gasteiger partial charge on any atom is 0.246 e. The molecule has 0 radical (unpaired) electrons. The van der Waals surface area contributed by atoms with Gasteiger partial charge in [0.15, 0.2) is 18.8 Å². The molecule has 36 heavy (non-hydrogen) atoms. The van der Waals surface area contributed by atoms with Gasteiger partial charge in [0.25, 0.3) is 0 Å². The van der Waals surface area contributed by atoms with E-state index in [-0.39, 0.29) is 25.4 Å². The van der Waals surface area contributed by atoms with Crippen molar-refractivity contribution in [3.05, 3.63) is 41.0 Å². The van der Waals surface area contributed by atoms with E-state index in [1.54, 1.807) is 24.0 Å². The molecule has 2 amide bonds. The van der Waals surface area contributed by atoms with Gasteiger partial charge in [-0.1, -0.05) is 50.2 Å². The Hall–Kier alpha value is -2.85. The lowest BCUT2D eigenvalue weighted by atomic mass is 9.55. The minimum atomic E-state index is -0.918. The number of aliphatic hydroxyl groups excluding tert-OH is 1. The van der Waals surface area contributed by atoms with Crippen LogP contribution in [-0.2, 0) is 15.4 Å². The average Bonchev–Trinajstić information content (AvgIpc) is 3.54. The lowest BCUT2D eigenvalue weighted by Crippen LogP contribution is -2.58. The van der Waals surface area contributed by atoms with Crippen LogP contribution in [0.1, 0.15) is 45.4 Å². The first kappa shape index (κ1) is 26.2. The maximum atomic E-state index is 13.6. The second-order valence-corrected chi connectivity index (χ2v) is 11.5. The summed E-state index contributed by atoms with van der Waals surface area (Å²) in [7, 11) is 2.04. The SMILES string of the molecule is BBC(=O)NC(C(=O)N1C[C@H](O)C[C@H]1C1=NOC(C)(c2ccc(-c3scnc3C)cc2)N1)C(C)(C)C. The van der Waals surface area contributed by atoms with Crippen LogP contribution in [0.4, 0.5) is 4.79 Å². The number of aromatic nitrogens is 1. The molecular formula is C24H33B2N5O4S. The van der Waals surface area contributed by atoms with Crippen molar-refractivity contribution in [2.75, 3.05) is 6.54 Å². The molecule has 2 aliphatic heterocycles. The molecule has 2 aliphatic rings. The van der Waals surface area contributed by atoms with Crippen molar-refractivity contribution in [2.45, 2.75) is 65.0 Å². The molecule has 4 atom stereocenters. The van der Waals surface area contributed by atoms with Gasteiger partial charge in [-0.15, -0.1) is 11.3 Å². The monoisotopic (exact) mass is 509 g/mol. The van der Waals surface area contributed by atoms with E-state index < -0.39 is 29.3 Å². The predicted molar refractivity (Wildman–Crippen MR) is 145 cm³/mol. The second kappa shape index (κ2) is 9.89. The van der Waals surface area contributed by atoms with Crippen LogP contribution in [0.3, 0.4) is 0 Å². The minimum absolute atomic E-state index is 0.165. The summed E-state index contributed by atoms with van der Waals surface area (Å²) in [5, 5.41) is 21.0. The van der Waals surface area contributed by atoms with Crippen LogP contribution in [0.25, 0.3) is 10.4 Å². The number of nitrogens with one attached hydrogen (secondary N) is 2. The van der Waals surface area contributed by atoms with E-state index in [0.717, 1.165) is 21.7 Å². The van der Waals surface area contributed by atoms with Gasteiger partial charge in [0.05, 0.1) is 36.0 Å². The summed E-state index contributed by atoms with van der Waals surface area (Å²) >= 11 is 1.60. The summed E-state index contributed by atoms with van der Waals surface area (Å²) in [5.74, 6) is 0.0521. The van der Waals surface area contributed by atoms with Gasteiger partial charge in [-0.05, 0) is 17.9 Å². The number of thiazole rings is 1. The molecule has 2 aromatic rings. The molecule has 0 saturated carbocycles. The van der Waals surface area contributed by atoms with E-state index in [0.29, 0.717) is 12.3 Å². The van der Waals surface area contributed by atoms with Crippen molar-refractivity contribution in [2.24, 2.45) is 10.6 Å². The number of hydrogen-bond acceptors (Lipinski definition) is 8. The van der Waals surface area contributed by atoms with E-state index in [1.165, 1.54) is 0 Å². The molecule has 0 spiro atoms. The second-order valence-electron chi connectivity index (χ2n) is 10.7. The van der Waals surface area contributed by atoms with Gasteiger partial charge < -0.3 is 25.5 Å². The number of amides is 2. The first-order valence-electron chi connectivity index (χ1n) is 12.3. The van der Waals surface area contributed by atoms with Crippen LogP contribution in [0.15, 0.2) is 34.9 Å². The van der Waals surface area contributed by atoms with Gasteiger partial charge >= 0.3 is 0 Å². The van der Waals surface area contributed by atoms with Crippen LogP contribution in [0.5, 0.6) is 0 Å². The molecule has 3 N–H and O–H groups in total. The number of likely N-dealkylation sites (tertiary alicyclic amines) is 1. The third-order valence-electron chi connectivity index (χ3n) is 6.75. The molecule has 1 fully saturated rings. The van der Waals surface area contributed by atoms with E-state index in [9.17, 15) is 14.7 Å². The van der Waals surface area contributed by atoms with E-state index in [4.69, 9.17) is 4.84 Å². The topological polar surface area (TPSA) is 116 Å². The molecule has 4 rings (SSSR count). The minimum Gasteiger partial charge on any atom is -0.391 e. The number of amidine groups is 1. The number of hydrogen-bond donors (Lipinski definition) is 3. The van der Waals surface area contributed by atoms with Gasteiger partial charge in [0, 0.05) is 25.5 Å². The third-order valence-corrected chi connectivity index (χ3v) is 7.73. The van der Waals surface area contributed by atoms with Gasteiger partial charge in [0.1, 0.15) is 6.04 Å². The molecule has 12 heteroatoms. The fraction of sp³-hybridized carbons (Fsp3) is 0.500. The highest BCUT2D eigenvalue weighted by Crippen LogP contribution is 2.34. The van der Waals surface area contributed by atoms with Gasteiger partial charge in [-0.3, -0.25) is 9.59 Å². The van der Waals surface area contributed by atoms with Gasteiger partial charge in [0.2, 0.25) is 11.6 Å². The van der Waals surface area contributed by atoms with Crippen LogP contribution in [0.2, 0.25) is 0 Å². The summed E-state index contributed by atoms with van der Waals surface area (Å²) in [4.78, 5) is 38.7. The number of β-amino-alcohol motifs (C(OH)–C–C–N with tert-alkyl or cyclic N) is 1. The standard InChI is InChI=1S/C24H33B2N5O4S/c1-13-18(36-12-27-13)14-6-8-15(9-7-14)24(5)29-20(30-35-24)17-10-16(32)11-31(17)21(33)19(23(2,3)4)28-22(34)26-25/h6-9,12,16-17,19,26,32H,10-11,25H2,1-5H3,(H,28,34)(H,29,30)/t16-,17+,19?,24?/m1/s1. The summed E-state index contributed by atoms with van der Waals surface area (Å²) in [6.07, 6.45) is -0.362. The van der Waals surface area contributed by atoms with Crippen molar-refractivity contribution < 1.29 is 19.5 Å². The van der Waals surface area contributed by atoms with E-state index in [2.05, 4.69) is 20.8 Å². The molecule has 0 aliphatic carbocycles. The number of aliphatic hydroxyl groups is 1.